The van der Waals surface area contributed by atoms with Crippen LogP contribution >= 0.6 is 0 Å². The molecule has 0 fully saturated rings. The van der Waals surface area contributed by atoms with Gasteiger partial charge in [-0.15, -0.1) is 0 Å². The lowest BCUT2D eigenvalue weighted by atomic mass is 10.2. The smallest absolute Gasteiger partial charge is 0.230 e. The summed E-state index contributed by atoms with van der Waals surface area (Å²) in [5, 5.41) is 2.74. The first-order valence-corrected chi connectivity index (χ1v) is 8.88. The highest BCUT2D eigenvalue weighted by Gasteiger charge is 2.05. The predicted molar refractivity (Wildman–Crippen MR) is 112 cm³/mol. The van der Waals surface area contributed by atoms with Crippen molar-refractivity contribution in [2.45, 2.75) is 13.3 Å². The minimum Gasteiger partial charge on any atom is -0.295 e. The van der Waals surface area contributed by atoms with E-state index in [-0.39, 0.29) is 5.91 Å². The van der Waals surface area contributed by atoms with Gasteiger partial charge in [0.2, 0.25) is 11.9 Å². The van der Waals surface area contributed by atoms with Crippen LogP contribution in [0.4, 0.5) is 5.95 Å². The fourth-order valence-electron chi connectivity index (χ4n) is 2.42. The number of anilines is 1. The lowest BCUT2D eigenvalue weighted by Crippen LogP contribution is -2.13. The van der Waals surface area contributed by atoms with Gasteiger partial charge in [-0.05, 0) is 29.3 Å². The van der Waals surface area contributed by atoms with Gasteiger partial charge in [0.05, 0.1) is 11.4 Å². The lowest BCUT2D eigenvalue weighted by molar-refractivity contribution is -0.115. The van der Waals surface area contributed by atoms with Gasteiger partial charge in [0.1, 0.15) is 0 Å². The molecule has 1 amide bonds. The summed E-state index contributed by atoms with van der Waals surface area (Å²) in [5.41, 5.74) is 3.62. The molecule has 0 saturated carbocycles. The highest BCUT2D eigenvalue weighted by Crippen LogP contribution is 2.13. The van der Waals surface area contributed by atoms with Gasteiger partial charge in [-0.2, -0.15) is 0 Å². The third-order valence-electron chi connectivity index (χ3n) is 3.83. The van der Waals surface area contributed by atoms with Crippen molar-refractivity contribution < 1.29 is 4.79 Å². The van der Waals surface area contributed by atoms with Crippen molar-refractivity contribution in [1.82, 2.24) is 9.97 Å². The third-order valence-corrected chi connectivity index (χ3v) is 3.83. The molecule has 0 radical (unpaired) electrons. The Hall–Kier alpha value is -3.53. The number of nitrogens with zero attached hydrogens (tertiary/aromatic N) is 2. The molecule has 0 unspecified atom stereocenters. The molecule has 0 atom stereocenters. The Morgan fingerprint density at radius 3 is 1.74 bits per heavy atom. The molecule has 0 aliphatic carbocycles. The van der Waals surface area contributed by atoms with Gasteiger partial charge in [-0.1, -0.05) is 79.7 Å². The maximum atomic E-state index is 11.7. The van der Waals surface area contributed by atoms with Crippen LogP contribution in [0.1, 0.15) is 35.9 Å². The molecule has 1 N–H and O–H groups in total. The summed E-state index contributed by atoms with van der Waals surface area (Å²) >= 11 is 0. The van der Waals surface area contributed by atoms with E-state index in [1.807, 2.05) is 91.0 Å². The van der Waals surface area contributed by atoms with Crippen molar-refractivity contribution in [2.75, 3.05) is 5.32 Å². The van der Waals surface area contributed by atoms with Crippen molar-refractivity contribution in [3.63, 3.8) is 0 Å². The summed E-state index contributed by atoms with van der Waals surface area (Å²) in [7, 11) is 0. The lowest BCUT2D eigenvalue weighted by Gasteiger charge is -2.05. The van der Waals surface area contributed by atoms with Crippen molar-refractivity contribution in [1.29, 1.82) is 0 Å². The van der Waals surface area contributed by atoms with E-state index in [2.05, 4.69) is 15.3 Å². The molecular formula is C23H21N3O. The fraction of sp³-hybridized carbons (Fsp3) is 0.0870. The zero-order valence-electron chi connectivity index (χ0n) is 15.2. The van der Waals surface area contributed by atoms with Crippen LogP contribution in [0.25, 0.3) is 24.3 Å². The second-order valence-electron chi connectivity index (χ2n) is 5.93. The molecule has 134 valence electrons. The van der Waals surface area contributed by atoms with E-state index in [1.54, 1.807) is 6.92 Å². The van der Waals surface area contributed by atoms with Gasteiger partial charge in [0, 0.05) is 6.42 Å². The number of hydrogen-bond acceptors (Lipinski definition) is 3. The first kappa shape index (κ1) is 18.3. The van der Waals surface area contributed by atoms with Crippen molar-refractivity contribution in [3.8, 4) is 0 Å². The number of benzene rings is 2. The van der Waals surface area contributed by atoms with Gasteiger partial charge < -0.3 is 0 Å². The van der Waals surface area contributed by atoms with Gasteiger partial charge >= 0.3 is 0 Å². The van der Waals surface area contributed by atoms with Crippen LogP contribution in [0.3, 0.4) is 0 Å². The maximum Gasteiger partial charge on any atom is 0.230 e. The molecule has 0 bridgehead atoms. The Balaban J connectivity index is 1.89. The number of carbonyl (C=O) groups excluding carboxylic acids is 1. The Morgan fingerprint density at radius 1 is 0.815 bits per heavy atom. The van der Waals surface area contributed by atoms with E-state index >= 15 is 0 Å². The van der Waals surface area contributed by atoms with E-state index < -0.39 is 0 Å². The van der Waals surface area contributed by atoms with Crippen LogP contribution in [0.15, 0.2) is 66.7 Å². The maximum absolute atomic E-state index is 11.7. The number of amides is 1. The number of rotatable bonds is 6. The topological polar surface area (TPSA) is 54.9 Å². The summed E-state index contributed by atoms with van der Waals surface area (Å²) in [5.74, 6) is 0.196. The summed E-state index contributed by atoms with van der Waals surface area (Å²) in [6, 6.07) is 21.9. The highest BCUT2D eigenvalue weighted by molar-refractivity contribution is 5.89. The molecule has 3 aromatic rings. The van der Waals surface area contributed by atoms with Gasteiger partial charge in [0.25, 0.3) is 0 Å². The molecular weight excluding hydrogens is 334 g/mol. The van der Waals surface area contributed by atoms with Gasteiger partial charge in [-0.25, -0.2) is 9.97 Å². The summed E-state index contributed by atoms with van der Waals surface area (Å²) in [6.45, 7) is 1.80. The summed E-state index contributed by atoms with van der Waals surface area (Å²) < 4.78 is 0. The van der Waals surface area contributed by atoms with Crippen LogP contribution in [-0.4, -0.2) is 15.9 Å². The first-order valence-electron chi connectivity index (χ1n) is 8.88. The molecule has 4 heteroatoms. The second kappa shape index (κ2) is 9.25. The molecule has 0 saturated heterocycles. The predicted octanol–water partition coefficient (Wildman–Crippen LogP) is 5.17. The zero-order valence-corrected chi connectivity index (χ0v) is 15.2. The van der Waals surface area contributed by atoms with E-state index in [0.29, 0.717) is 12.4 Å². The molecule has 4 nitrogen and oxygen atoms in total. The molecule has 1 aromatic heterocycles. The molecule has 1 heterocycles. The van der Waals surface area contributed by atoms with Crippen LogP contribution < -0.4 is 5.32 Å². The first-order chi connectivity index (χ1) is 13.2. The minimum atomic E-state index is -0.114. The zero-order chi connectivity index (χ0) is 18.9. The minimum absolute atomic E-state index is 0.114. The molecule has 27 heavy (non-hydrogen) atoms. The number of aromatic nitrogens is 2. The van der Waals surface area contributed by atoms with Crippen molar-refractivity contribution >= 4 is 36.2 Å². The molecule has 0 aliphatic rings. The van der Waals surface area contributed by atoms with Crippen LogP contribution in [0.5, 0.6) is 0 Å². The van der Waals surface area contributed by atoms with E-state index in [0.717, 1.165) is 22.5 Å². The summed E-state index contributed by atoms with van der Waals surface area (Å²) in [4.78, 5) is 20.6. The Labute approximate surface area is 159 Å². The standard InChI is InChI=1S/C23H21N3O/c1-2-22(27)26-23-24-20(15-13-18-9-5-3-6-10-18)17-21(25-23)16-14-19-11-7-4-8-12-19/h3-17H,2H2,1H3,(H,24,25,26,27)/b15-13+,16-14+. The molecule has 2 aromatic carbocycles. The second-order valence-corrected chi connectivity index (χ2v) is 5.93. The fourth-order valence-corrected chi connectivity index (χ4v) is 2.42. The quantitative estimate of drug-likeness (QED) is 0.664. The van der Waals surface area contributed by atoms with E-state index in [4.69, 9.17) is 0 Å². The highest BCUT2D eigenvalue weighted by atomic mass is 16.1. The molecule has 0 spiro atoms. The normalized spacial score (nSPS) is 11.1. The third kappa shape index (κ3) is 5.75. The van der Waals surface area contributed by atoms with Crippen molar-refractivity contribution in [3.05, 3.63) is 89.2 Å². The summed E-state index contributed by atoms with van der Waals surface area (Å²) in [6.07, 6.45) is 8.18. The SMILES string of the molecule is CCC(=O)Nc1nc(/C=C/c2ccccc2)cc(/C=C/c2ccccc2)n1. The average molecular weight is 355 g/mol. The average Bonchev–Trinajstić information content (AvgIpc) is 2.72. The van der Waals surface area contributed by atoms with Gasteiger partial charge in [-0.3, -0.25) is 10.1 Å². The van der Waals surface area contributed by atoms with E-state index in [9.17, 15) is 4.79 Å². The van der Waals surface area contributed by atoms with Crippen LogP contribution in [-0.2, 0) is 4.79 Å². The molecule has 0 aliphatic heterocycles. The number of hydrogen-bond donors (Lipinski definition) is 1. The largest absolute Gasteiger partial charge is 0.295 e. The van der Waals surface area contributed by atoms with Gasteiger partial charge in [0.15, 0.2) is 0 Å². The Kier molecular flexibility index (Phi) is 6.26. The van der Waals surface area contributed by atoms with Crippen molar-refractivity contribution in [2.24, 2.45) is 0 Å². The number of carbonyl (C=O) groups is 1. The van der Waals surface area contributed by atoms with Crippen LogP contribution in [0, 0.1) is 0 Å². The Bertz CT molecular complexity index is 880. The Morgan fingerprint density at radius 2 is 1.30 bits per heavy atom. The number of nitrogens with one attached hydrogen (secondary N) is 1. The van der Waals surface area contributed by atoms with Crippen LogP contribution in [0.2, 0.25) is 0 Å². The molecule has 3 rings (SSSR count). The monoisotopic (exact) mass is 355 g/mol. The van der Waals surface area contributed by atoms with E-state index in [1.165, 1.54) is 0 Å².